The quantitative estimate of drug-likeness (QED) is 0.404. The zero-order valence-corrected chi connectivity index (χ0v) is 19.7. The van der Waals surface area contributed by atoms with Crippen molar-refractivity contribution >= 4 is 14.2 Å². The monoisotopic (exact) mass is 384 g/mol. The van der Waals surface area contributed by atoms with Crippen LogP contribution in [0.3, 0.4) is 0 Å². The number of hydrogen-bond acceptors (Lipinski definition) is 4. The molecule has 1 aliphatic heterocycles. The molecule has 0 aromatic carbocycles. The average molecular weight is 385 g/mol. The third kappa shape index (κ3) is 7.32. The Bertz CT molecular complexity index is 400. The number of rotatable bonds is 10. The molecule has 1 rings (SSSR count). The largest absolute Gasteiger partial charge is 0.469 e. The van der Waals surface area contributed by atoms with Crippen LogP contribution in [0.2, 0.25) is 18.1 Å². The van der Waals surface area contributed by atoms with Crippen LogP contribution in [0.25, 0.3) is 0 Å². The lowest BCUT2D eigenvalue weighted by Crippen LogP contribution is -2.61. The summed E-state index contributed by atoms with van der Waals surface area (Å²) < 4.78 is 7.82. The van der Waals surface area contributed by atoms with Crippen molar-refractivity contribution in [1.82, 2.24) is 9.47 Å². The Hall–Kier alpha value is -0.393. The lowest BCUT2D eigenvalue weighted by atomic mass is 10.1. The molecule has 0 aromatic rings. The Morgan fingerprint density at radius 3 is 1.85 bits per heavy atom. The number of methoxy groups -OCH3 is 1. The molecule has 0 radical (unpaired) electrons. The molecule has 0 amide bonds. The van der Waals surface area contributed by atoms with Crippen LogP contribution in [0.5, 0.6) is 0 Å². The van der Waals surface area contributed by atoms with Crippen LogP contribution in [-0.4, -0.2) is 57.1 Å². The van der Waals surface area contributed by atoms with Crippen molar-refractivity contribution in [1.29, 1.82) is 0 Å². The SMILES string of the molecule is COC(=O)C(C)CN1CCCN([Si](CC(C)C)(CC(C)C)CC(C)C)C1. The smallest absolute Gasteiger partial charge is 0.309 e. The van der Waals surface area contributed by atoms with Crippen molar-refractivity contribution in [3.05, 3.63) is 0 Å². The van der Waals surface area contributed by atoms with Crippen LogP contribution < -0.4 is 0 Å². The molecule has 1 unspecified atom stereocenters. The van der Waals surface area contributed by atoms with Crippen molar-refractivity contribution in [3.63, 3.8) is 0 Å². The van der Waals surface area contributed by atoms with E-state index in [1.807, 2.05) is 6.92 Å². The molecule has 0 saturated carbocycles. The summed E-state index contributed by atoms with van der Waals surface area (Å²) in [6, 6.07) is 4.18. The van der Waals surface area contributed by atoms with Gasteiger partial charge in [0.25, 0.3) is 0 Å². The number of ether oxygens (including phenoxy) is 1. The summed E-state index contributed by atoms with van der Waals surface area (Å²) in [6.45, 7) is 20.5. The molecule has 1 heterocycles. The van der Waals surface area contributed by atoms with E-state index in [0.29, 0.717) is 0 Å². The predicted molar refractivity (Wildman–Crippen MR) is 114 cm³/mol. The minimum absolute atomic E-state index is 0.0451. The van der Waals surface area contributed by atoms with Crippen LogP contribution in [-0.2, 0) is 9.53 Å². The maximum absolute atomic E-state index is 11.8. The molecule has 0 spiro atoms. The maximum atomic E-state index is 11.8. The molecule has 0 aliphatic carbocycles. The molecule has 0 N–H and O–H groups in total. The van der Waals surface area contributed by atoms with E-state index in [0.717, 1.165) is 37.5 Å². The summed E-state index contributed by atoms with van der Waals surface area (Å²) in [7, 11) is -0.0435. The van der Waals surface area contributed by atoms with Crippen molar-refractivity contribution in [2.45, 2.75) is 73.0 Å². The number of esters is 1. The van der Waals surface area contributed by atoms with Gasteiger partial charge in [0.15, 0.2) is 0 Å². The zero-order chi connectivity index (χ0) is 19.9. The zero-order valence-electron chi connectivity index (χ0n) is 18.7. The second-order valence-electron chi connectivity index (χ2n) is 9.78. The van der Waals surface area contributed by atoms with Crippen LogP contribution in [0, 0.1) is 23.7 Å². The topological polar surface area (TPSA) is 32.8 Å². The summed E-state index contributed by atoms with van der Waals surface area (Å²) in [6.07, 6.45) is 1.22. The number of carbonyl (C=O) groups is 1. The van der Waals surface area contributed by atoms with Crippen LogP contribution in [0.4, 0.5) is 0 Å². The van der Waals surface area contributed by atoms with Gasteiger partial charge < -0.3 is 9.30 Å². The highest BCUT2D eigenvalue weighted by Gasteiger charge is 2.42. The summed E-state index contributed by atoms with van der Waals surface area (Å²) >= 11 is 0. The highest BCUT2D eigenvalue weighted by molar-refractivity contribution is 6.77. The number of nitrogens with zero attached hydrogens (tertiary/aromatic N) is 2. The first-order valence-corrected chi connectivity index (χ1v) is 13.2. The van der Waals surface area contributed by atoms with Crippen LogP contribution in [0.1, 0.15) is 54.9 Å². The van der Waals surface area contributed by atoms with Gasteiger partial charge in [0.1, 0.15) is 8.24 Å². The third-order valence-corrected chi connectivity index (χ3v) is 11.9. The third-order valence-electron chi connectivity index (χ3n) is 5.44. The van der Waals surface area contributed by atoms with Gasteiger partial charge in [-0.05, 0) is 48.9 Å². The molecule has 5 heteroatoms. The second kappa shape index (κ2) is 10.8. The number of hydrogen-bond donors (Lipinski definition) is 0. The van der Waals surface area contributed by atoms with E-state index in [1.165, 1.54) is 38.2 Å². The lowest BCUT2D eigenvalue weighted by molar-refractivity contribution is -0.145. The summed E-state index contributed by atoms with van der Waals surface area (Å²) in [5, 5.41) is 0. The molecular weight excluding hydrogens is 340 g/mol. The minimum atomic E-state index is -1.54. The van der Waals surface area contributed by atoms with Gasteiger partial charge in [0.05, 0.1) is 13.0 Å². The minimum Gasteiger partial charge on any atom is -0.469 e. The van der Waals surface area contributed by atoms with Gasteiger partial charge in [0, 0.05) is 19.8 Å². The molecular formula is C21H44N2O2Si. The Balaban J connectivity index is 2.97. The number of carbonyl (C=O) groups excluding carboxylic acids is 1. The van der Waals surface area contributed by atoms with Gasteiger partial charge in [-0.2, -0.15) is 0 Å². The molecule has 1 aliphatic rings. The first-order valence-electron chi connectivity index (χ1n) is 10.6. The second-order valence-corrected chi connectivity index (χ2v) is 14.1. The van der Waals surface area contributed by atoms with Gasteiger partial charge in [-0.25, -0.2) is 0 Å². The van der Waals surface area contributed by atoms with Gasteiger partial charge in [-0.3, -0.25) is 9.69 Å². The molecule has 26 heavy (non-hydrogen) atoms. The van der Waals surface area contributed by atoms with Gasteiger partial charge >= 0.3 is 5.97 Å². The standard InChI is InChI=1S/C21H44N2O2Si/c1-17(2)13-26(14-18(3)4,15-19(5)6)23-11-9-10-22(16-23)12-20(7)21(24)25-8/h17-20H,9-16H2,1-8H3. The highest BCUT2D eigenvalue weighted by Crippen LogP contribution is 2.36. The van der Waals surface area contributed by atoms with E-state index in [4.69, 9.17) is 4.74 Å². The fraction of sp³-hybridized carbons (Fsp3) is 0.952. The fourth-order valence-electron chi connectivity index (χ4n) is 4.98. The first kappa shape index (κ1) is 23.6. The van der Waals surface area contributed by atoms with Gasteiger partial charge in [0.2, 0.25) is 0 Å². The molecule has 1 fully saturated rings. The van der Waals surface area contributed by atoms with Crippen molar-refractivity contribution in [2.75, 3.05) is 33.4 Å². The Labute approximate surface area is 163 Å². The molecule has 0 bridgehead atoms. The van der Waals surface area contributed by atoms with Crippen molar-refractivity contribution in [3.8, 4) is 0 Å². The van der Waals surface area contributed by atoms with Crippen molar-refractivity contribution < 1.29 is 9.53 Å². The average Bonchev–Trinajstić information content (AvgIpc) is 2.52. The normalized spacial score (nSPS) is 18.7. The molecule has 0 aromatic heterocycles. The molecule has 1 saturated heterocycles. The molecule has 1 atom stereocenters. The maximum Gasteiger partial charge on any atom is 0.309 e. The van der Waals surface area contributed by atoms with Crippen LogP contribution in [0.15, 0.2) is 0 Å². The molecule has 4 nitrogen and oxygen atoms in total. The van der Waals surface area contributed by atoms with E-state index >= 15 is 0 Å². The van der Waals surface area contributed by atoms with E-state index in [9.17, 15) is 4.79 Å². The highest BCUT2D eigenvalue weighted by atomic mass is 28.3. The predicted octanol–water partition coefficient (Wildman–Crippen LogP) is 4.67. The summed E-state index contributed by atoms with van der Waals surface area (Å²) in [4.78, 5) is 14.3. The van der Waals surface area contributed by atoms with Crippen LogP contribution >= 0.6 is 0 Å². The fourth-order valence-corrected chi connectivity index (χ4v) is 12.0. The lowest BCUT2D eigenvalue weighted by Gasteiger charge is -2.50. The summed E-state index contributed by atoms with van der Waals surface area (Å²) in [5.74, 6) is 2.13. The first-order chi connectivity index (χ1) is 12.1. The Morgan fingerprint density at radius 2 is 1.42 bits per heavy atom. The van der Waals surface area contributed by atoms with E-state index in [2.05, 4.69) is 51.0 Å². The van der Waals surface area contributed by atoms with Crippen molar-refractivity contribution in [2.24, 2.45) is 23.7 Å². The van der Waals surface area contributed by atoms with E-state index < -0.39 is 8.24 Å². The van der Waals surface area contributed by atoms with E-state index in [1.54, 1.807) is 0 Å². The Morgan fingerprint density at radius 1 is 0.923 bits per heavy atom. The molecule has 154 valence electrons. The summed E-state index contributed by atoms with van der Waals surface area (Å²) in [5.41, 5.74) is 0. The van der Waals surface area contributed by atoms with Gasteiger partial charge in [-0.15, -0.1) is 0 Å². The Kier molecular flexibility index (Phi) is 9.84. The van der Waals surface area contributed by atoms with Gasteiger partial charge in [-0.1, -0.05) is 48.5 Å². The van der Waals surface area contributed by atoms with E-state index in [-0.39, 0.29) is 11.9 Å².